The van der Waals surface area contributed by atoms with Gasteiger partial charge in [0.05, 0.1) is 12.1 Å². The fourth-order valence-electron chi connectivity index (χ4n) is 2.70. The predicted octanol–water partition coefficient (Wildman–Crippen LogP) is 5.92. The van der Waals surface area contributed by atoms with Crippen LogP contribution in [0.5, 0.6) is 11.5 Å². The van der Waals surface area contributed by atoms with Crippen LogP contribution in [-0.2, 0) is 19.7 Å². The summed E-state index contributed by atoms with van der Waals surface area (Å²) in [6.07, 6.45) is 0. The van der Waals surface area contributed by atoms with Gasteiger partial charge in [0, 0.05) is 13.1 Å². The number of hydrogen-bond donors (Lipinski definition) is 1. The smallest absolute Gasteiger partial charge is 0.180 e. The average Bonchev–Trinajstić information content (AvgIpc) is 2.69. The number of ether oxygens (including phenoxy) is 2. The van der Waals surface area contributed by atoms with Crippen LogP contribution >= 0.6 is 24.0 Å². The molecule has 7 heteroatoms. The Bertz CT molecular complexity index is 919. The van der Waals surface area contributed by atoms with Crippen molar-refractivity contribution in [3.8, 4) is 11.5 Å². The van der Waals surface area contributed by atoms with Gasteiger partial charge in [-0.15, -0.1) is 12.4 Å². The SMILES string of the molecule is COc1cc(CNCc2ccc(F)cc2)cc(Cl)c1OCc1ccc(F)cc1.Cl. The molecule has 0 aliphatic rings. The minimum atomic E-state index is -0.295. The van der Waals surface area contributed by atoms with Crippen molar-refractivity contribution in [3.05, 3.63) is 94.0 Å². The second-order valence-corrected chi connectivity index (χ2v) is 6.66. The van der Waals surface area contributed by atoms with Crippen molar-refractivity contribution < 1.29 is 18.3 Å². The molecule has 0 aliphatic carbocycles. The fourth-order valence-corrected chi connectivity index (χ4v) is 2.99. The number of hydrogen-bond acceptors (Lipinski definition) is 3. The van der Waals surface area contributed by atoms with E-state index in [9.17, 15) is 8.78 Å². The Morgan fingerprint density at radius 1 is 0.828 bits per heavy atom. The molecule has 3 nitrogen and oxygen atoms in total. The summed E-state index contributed by atoms with van der Waals surface area (Å²) in [6, 6.07) is 16.1. The Kier molecular flexibility index (Phi) is 8.70. The quantitative estimate of drug-likeness (QED) is 0.472. The highest BCUT2D eigenvalue weighted by Crippen LogP contribution is 2.37. The maximum absolute atomic E-state index is 13.0. The molecular formula is C22H21Cl2F2NO2. The molecule has 29 heavy (non-hydrogen) atoms. The second kappa shape index (κ2) is 11.0. The fraction of sp³-hybridized carbons (Fsp3) is 0.182. The lowest BCUT2D eigenvalue weighted by atomic mass is 10.1. The van der Waals surface area contributed by atoms with Crippen LogP contribution in [0.1, 0.15) is 16.7 Å². The molecule has 0 bridgehead atoms. The van der Waals surface area contributed by atoms with Crippen LogP contribution in [0.2, 0.25) is 5.02 Å². The molecule has 0 heterocycles. The molecule has 1 N–H and O–H groups in total. The van der Waals surface area contributed by atoms with Crippen molar-refractivity contribution in [2.24, 2.45) is 0 Å². The number of halogens is 4. The van der Waals surface area contributed by atoms with Crippen LogP contribution in [0.4, 0.5) is 8.78 Å². The molecule has 154 valence electrons. The van der Waals surface area contributed by atoms with E-state index in [2.05, 4.69) is 5.32 Å². The van der Waals surface area contributed by atoms with Crippen molar-refractivity contribution in [1.82, 2.24) is 5.32 Å². The minimum absolute atomic E-state index is 0. The molecule has 3 rings (SSSR count). The summed E-state index contributed by atoms with van der Waals surface area (Å²) < 4.78 is 37.2. The van der Waals surface area contributed by atoms with Crippen LogP contribution in [0.25, 0.3) is 0 Å². The molecule has 0 atom stereocenters. The predicted molar refractivity (Wildman–Crippen MR) is 113 cm³/mol. The van der Waals surface area contributed by atoms with Crippen molar-refractivity contribution >= 4 is 24.0 Å². The van der Waals surface area contributed by atoms with E-state index in [0.29, 0.717) is 29.6 Å². The highest BCUT2D eigenvalue weighted by Gasteiger charge is 2.12. The van der Waals surface area contributed by atoms with Gasteiger partial charge < -0.3 is 14.8 Å². The number of nitrogens with one attached hydrogen (secondary N) is 1. The molecule has 3 aromatic carbocycles. The van der Waals surface area contributed by atoms with Crippen molar-refractivity contribution in [2.45, 2.75) is 19.7 Å². The highest BCUT2D eigenvalue weighted by atomic mass is 35.5. The Morgan fingerprint density at radius 3 is 1.97 bits per heavy atom. The van der Waals surface area contributed by atoms with E-state index in [1.807, 2.05) is 12.1 Å². The summed E-state index contributed by atoms with van der Waals surface area (Å²) in [7, 11) is 1.55. The van der Waals surface area contributed by atoms with Crippen molar-refractivity contribution in [3.63, 3.8) is 0 Å². The maximum atomic E-state index is 13.0. The van der Waals surface area contributed by atoms with E-state index in [1.54, 1.807) is 31.4 Å². The van der Waals surface area contributed by atoms with E-state index >= 15 is 0 Å². The summed E-state index contributed by atoms with van der Waals surface area (Å²) in [4.78, 5) is 0. The van der Waals surface area contributed by atoms with E-state index in [-0.39, 0.29) is 30.6 Å². The molecule has 0 unspecified atom stereocenters. The topological polar surface area (TPSA) is 30.5 Å². The lowest BCUT2D eigenvalue weighted by Crippen LogP contribution is -2.13. The third-order valence-corrected chi connectivity index (χ3v) is 4.44. The van der Waals surface area contributed by atoms with Gasteiger partial charge in [-0.2, -0.15) is 0 Å². The van der Waals surface area contributed by atoms with Crippen molar-refractivity contribution in [1.29, 1.82) is 0 Å². The van der Waals surface area contributed by atoms with Crippen LogP contribution in [0.15, 0.2) is 60.7 Å². The van der Waals surface area contributed by atoms with Gasteiger partial charge in [-0.25, -0.2) is 8.78 Å². The molecule has 0 saturated carbocycles. The Labute approximate surface area is 180 Å². The first-order chi connectivity index (χ1) is 13.5. The normalized spacial score (nSPS) is 10.3. The molecule has 3 aromatic rings. The summed E-state index contributed by atoms with van der Waals surface area (Å²) >= 11 is 6.38. The average molecular weight is 440 g/mol. The van der Waals surface area contributed by atoms with Gasteiger partial charge in [-0.05, 0) is 53.1 Å². The lowest BCUT2D eigenvalue weighted by Gasteiger charge is -2.15. The molecule has 0 saturated heterocycles. The van der Waals surface area contributed by atoms with Gasteiger partial charge in [0.25, 0.3) is 0 Å². The van der Waals surface area contributed by atoms with Gasteiger partial charge in [0.15, 0.2) is 11.5 Å². The molecular weight excluding hydrogens is 419 g/mol. The summed E-state index contributed by atoms with van der Waals surface area (Å²) in [5.41, 5.74) is 2.74. The number of benzene rings is 3. The Morgan fingerprint density at radius 2 is 1.38 bits per heavy atom. The third kappa shape index (κ3) is 6.60. The van der Waals surface area contributed by atoms with E-state index in [4.69, 9.17) is 21.1 Å². The molecule has 0 aromatic heterocycles. The zero-order valence-corrected chi connectivity index (χ0v) is 17.3. The zero-order chi connectivity index (χ0) is 19.9. The van der Waals surface area contributed by atoms with Gasteiger partial charge in [-0.1, -0.05) is 35.9 Å². The van der Waals surface area contributed by atoms with E-state index < -0.39 is 0 Å². The number of methoxy groups -OCH3 is 1. The maximum Gasteiger partial charge on any atom is 0.180 e. The van der Waals surface area contributed by atoms with Crippen LogP contribution < -0.4 is 14.8 Å². The highest BCUT2D eigenvalue weighted by molar-refractivity contribution is 6.32. The second-order valence-electron chi connectivity index (χ2n) is 6.25. The van der Waals surface area contributed by atoms with E-state index in [1.165, 1.54) is 24.3 Å². The monoisotopic (exact) mass is 439 g/mol. The first-order valence-corrected chi connectivity index (χ1v) is 9.12. The molecule has 0 fully saturated rings. The summed E-state index contributed by atoms with van der Waals surface area (Å²) in [6.45, 7) is 1.41. The molecule has 0 aliphatic heterocycles. The molecule has 0 radical (unpaired) electrons. The van der Waals surface area contributed by atoms with Crippen LogP contribution in [0.3, 0.4) is 0 Å². The number of rotatable bonds is 8. The summed E-state index contributed by atoms with van der Waals surface area (Å²) in [5.74, 6) is 0.414. The zero-order valence-electron chi connectivity index (χ0n) is 15.8. The Hall–Kier alpha value is -2.34. The minimum Gasteiger partial charge on any atom is -0.493 e. The van der Waals surface area contributed by atoms with Crippen LogP contribution in [0, 0.1) is 11.6 Å². The Balaban J connectivity index is 0.00000300. The van der Waals surface area contributed by atoms with Gasteiger partial charge in [0.2, 0.25) is 0 Å². The van der Waals surface area contributed by atoms with E-state index in [0.717, 1.165) is 16.7 Å². The van der Waals surface area contributed by atoms with Crippen LogP contribution in [-0.4, -0.2) is 7.11 Å². The molecule has 0 amide bonds. The van der Waals surface area contributed by atoms with Gasteiger partial charge in [-0.3, -0.25) is 0 Å². The first-order valence-electron chi connectivity index (χ1n) is 8.74. The third-order valence-electron chi connectivity index (χ3n) is 4.16. The standard InChI is InChI=1S/C22H20ClF2NO2.ClH/c1-27-21-11-17(13-26-12-15-2-6-18(24)7-3-15)10-20(23)22(21)28-14-16-4-8-19(25)9-5-16;/h2-11,26H,12-14H2,1H3;1H. The largest absolute Gasteiger partial charge is 0.493 e. The molecule has 0 spiro atoms. The van der Waals surface area contributed by atoms with Gasteiger partial charge >= 0.3 is 0 Å². The van der Waals surface area contributed by atoms with Crippen molar-refractivity contribution in [2.75, 3.05) is 7.11 Å². The summed E-state index contributed by atoms with van der Waals surface area (Å²) in [5, 5.41) is 3.72. The first kappa shape index (κ1) is 22.9. The van der Waals surface area contributed by atoms with Gasteiger partial charge in [0.1, 0.15) is 18.2 Å². The lowest BCUT2D eigenvalue weighted by molar-refractivity contribution is 0.284.